The van der Waals surface area contributed by atoms with Gasteiger partial charge in [-0.2, -0.15) is 0 Å². The predicted molar refractivity (Wildman–Crippen MR) is 248 cm³/mol. The fourth-order valence-electron chi connectivity index (χ4n) is 8.27. The summed E-state index contributed by atoms with van der Waals surface area (Å²) in [6, 6.07) is 31.2. The number of rotatable bonds is 18. The van der Waals surface area contributed by atoms with Gasteiger partial charge in [0.15, 0.2) is 0 Å². The van der Waals surface area contributed by atoms with Gasteiger partial charge >= 0.3 is 0 Å². The van der Waals surface area contributed by atoms with Crippen molar-refractivity contribution in [1.29, 1.82) is 0 Å². The second-order valence-corrected chi connectivity index (χ2v) is 16.1. The highest BCUT2D eigenvalue weighted by molar-refractivity contribution is 6.01. The number of amides is 4. The summed E-state index contributed by atoms with van der Waals surface area (Å²) >= 11 is 0. The van der Waals surface area contributed by atoms with Gasteiger partial charge in [-0.1, -0.05) is 109 Å². The molecule has 342 valence electrons. The second kappa shape index (κ2) is 21.3. The van der Waals surface area contributed by atoms with Crippen LogP contribution in [0.5, 0.6) is 0 Å². The van der Waals surface area contributed by atoms with Crippen LogP contribution in [0, 0.1) is 5.92 Å². The van der Waals surface area contributed by atoms with Crippen molar-refractivity contribution in [2.45, 2.75) is 59.3 Å². The molecule has 0 radical (unpaired) electrons. The SMILES string of the molecule is CCC(=O)NCCC(=O)N1Cc2ccccc2-c2c(nnn2CCOCCOCCn2nnc3c2-c2ccccc2CN(C(=O)CCNC(=O)C(C)CO)c2ccccc2-3)-c2ccccc21. The maximum atomic E-state index is 13.8. The normalized spacial score (nSPS) is 13.0. The van der Waals surface area contributed by atoms with Crippen molar-refractivity contribution in [3.63, 3.8) is 0 Å². The van der Waals surface area contributed by atoms with E-state index in [1.54, 1.807) is 23.6 Å². The lowest BCUT2D eigenvalue weighted by atomic mass is 9.95. The number of hydrogen-bond acceptors (Lipinski definition) is 11. The van der Waals surface area contributed by atoms with Crippen molar-refractivity contribution >= 4 is 35.0 Å². The van der Waals surface area contributed by atoms with Crippen LogP contribution in [0.4, 0.5) is 11.4 Å². The largest absolute Gasteiger partial charge is 0.396 e. The molecule has 2 aliphatic rings. The molecule has 2 aliphatic heterocycles. The highest BCUT2D eigenvalue weighted by Crippen LogP contribution is 2.42. The number of carbonyl (C=O) groups excluding carboxylic acids is 4. The molecule has 0 aliphatic carbocycles. The topological polar surface area (TPSA) is 199 Å². The molecule has 66 heavy (non-hydrogen) atoms. The minimum absolute atomic E-state index is 0.0839. The highest BCUT2D eigenvalue weighted by atomic mass is 16.5. The zero-order valence-electron chi connectivity index (χ0n) is 37.2. The minimum atomic E-state index is -0.554. The number of fused-ring (bicyclic) bond motifs is 10. The summed E-state index contributed by atoms with van der Waals surface area (Å²) < 4.78 is 15.8. The number of aliphatic hydroxyl groups excluding tert-OH is 1. The average Bonchev–Trinajstić information content (AvgIpc) is 3.95. The van der Waals surface area contributed by atoms with Gasteiger partial charge in [-0.15, -0.1) is 10.2 Å². The Bertz CT molecular complexity index is 2700. The van der Waals surface area contributed by atoms with Crippen LogP contribution in [0.3, 0.4) is 0 Å². The fraction of sp³-hybridized carbons (Fsp3) is 0.347. The van der Waals surface area contributed by atoms with E-state index < -0.39 is 5.92 Å². The number of anilines is 2. The van der Waals surface area contributed by atoms with Crippen LogP contribution in [-0.2, 0) is 54.8 Å². The van der Waals surface area contributed by atoms with Crippen LogP contribution in [-0.4, -0.2) is 105 Å². The second-order valence-electron chi connectivity index (χ2n) is 16.1. The van der Waals surface area contributed by atoms with Crippen LogP contribution in [0.15, 0.2) is 97.1 Å². The summed E-state index contributed by atoms with van der Waals surface area (Å²) in [5.74, 6) is -1.20. The monoisotopic (exact) mass is 894 g/mol. The maximum absolute atomic E-state index is 13.8. The highest BCUT2D eigenvalue weighted by Gasteiger charge is 2.31. The minimum Gasteiger partial charge on any atom is -0.396 e. The van der Waals surface area contributed by atoms with E-state index in [0.29, 0.717) is 76.1 Å². The van der Waals surface area contributed by atoms with Gasteiger partial charge < -0.3 is 35.0 Å². The lowest BCUT2D eigenvalue weighted by Crippen LogP contribution is -2.37. The van der Waals surface area contributed by atoms with Crippen molar-refractivity contribution in [1.82, 2.24) is 40.6 Å². The molecule has 8 rings (SSSR count). The molecule has 3 N–H and O–H groups in total. The van der Waals surface area contributed by atoms with E-state index in [1.807, 2.05) is 106 Å². The Morgan fingerprint density at radius 1 is 0.621 bits per heavy atom. The van der Waals surface area contributed by atoms with Crippen molar-refractivity contribution in [3.8, 4) is 45.0 Å². The lowest BCUT2D eigenvalue weighted by Gasteiger charge is -2.28. The van der Waals surface area contributed by atoms with E-state index in [1.165, 1.54) is 0 Å². The fourth-order valence-corrected chi connectivity index (χ4v) is 8.27. The first kappa shape index (κ1) is 45.5. The quantitative estimate of drug-likeness (QED) is 0.0981. The third-order valence-electron chi connectivity index (χ3n) is 11.8. The third-order valence-corrected chi connectivity index (χ3v) is 11.8. The number of benzene rings is 4. The summed E-state index contributed by atoms with van der Waals surface area (Å²) in [7, 11) is 0. The molecular formula is C49H54N10O7. The molecule has 4 aromatic carbocycles. The Morgan fingerprint density at radius 3 is 1.53 bits per heavy atom. The van der Waals surface area contributed by atoms with E-state index in [2.05, 4.69) is 31.3 Å². The van der Waals surface area contributed by atoms with Crippen LogP contribution in [0.2, 0.25) is 0 Å². The van der Waals surface area contributed by atoms with Gasteiger partial charge in [0.25, 0.3) is 0 Å². The zero-order valence-corrected chi connectivity index (χ0v) is 37.2. The first-order chi connectivity index (χ1) is 32.3. The van der Waals surface area contributed by atoms with Crippen LogP contribution in [0.1, 0.15) is 44.2 Å². The number of hydrogen-bond donors (Lipinski definition) is 3. The van der Waals surface area contributed by atoms with Gasteiger partial charge in [0.1, 0.15) is 11.4 Å². The summed E-state index contributed by atoms with van der Waals surface area (Å²) in [6.45, 7) is 6.51. The molecule has 17 heteroatoms. The van der Waals surface area contributed by atoms with E-state index in [4.69, 9.17) is 9.47 Å². The molecule has 0 fully saturated rings. The molecule has 17 nitrogen and oxygen atoms in total. The number of ether oxygens (including phenoxy) is 2. The maximum Gasteiger partial charge on any atom is 0.229 e. The van der Waals surface area contributed by atoms with Gasteiger partial charge in [0, 0.05) is 54.6 Å². The standard InChI is InChI=1S/C49H54N10O7/c1-3-42(61)50-22-20-43(62)56-30-34-12-4-6-14-36(34)47-45(38-16-8-10-18-40(38)56)52-54-58(47)24-26-65-28-29-66-27-25-59-48-37-15-7-5-13-35(37)31-57(44(63)21-23-51-49(64)33(2)32-60)41-19-11-9-17-39(41)46(48)53-55-59/h4-19,33,60H,3,20-32H2,1-2H3,(H,50,61)(H,51,64). The molecule has 0 bridgehead atoms. The summed E-state index contributed by atoms with van der Waals surface area (Å²) in [6.07, 6.45) is 0.609. The van der Waals surface area contributed by atoms with Crippen molar-refractivity contribution in [2.75, 3.05) is 55.9 Å². The lowest BCUT2D eigenvalue weighted by molar-refractivity contribution is -0.126. The van der Waals surface area contributed by atoms with E-state index >= 15 is 0 Å². The van der Waals surface area contributed by atoms with Crippen molar-refractivity contribution in [2.24, 2.45) is 5.92 Å². The summed E-state index contributed by atoms with van der Waals surface area (Å²) in [5.41, 5.74) is 9.70. The Labute approximate surface area is 382 Å². The Morgan fingerprint density at radius 2 is 1.06 bits per heavy atom. The molecule has 0 saturated carbocycles. The van der Waals surface area contributed by atoms with Gasteiger partial charge in [0.05, 0.1) is 87.9 Å². The van der Waals surface area contributed by atoms with Gasteiger partial charge in [0.2, 0.25) is 23.6 Å². The van der Waals surface area contributed by atoms with Crippen molar-refractivity contribution in [3.05, 3.63) is 108 Å². The molecule has 6 aromatic rings. The predicted octanol–water partition coefficient (Wildman–Crippen LogP) is 5.02. The number of nitrogens with one attached hydrogen (secondary N) is 2. The first-order valence-corrected chi connectivity index (χ1v) is 22.4. The number of nitrogens with zero attached hydrogens (tertiary/aromatic N) is 8. The van der Waals surface area contributed by atoms with Gasteiger partial charge in [-0.25, -0.2) is 9.36 Å². The molecule has 1 unspecified atom stereocenters. The third kappa shape index (κ3) is 9.92. The van der Waals surface area contributed by atoms with Gasteiger partial charge in [-0.05, 0) is 23.3 Å². The molecule has 1 atom stereocenters. The number of aromatic nitrogens is 6. The van der Waals surface area contributed by atoms with Crippen molar-refractivity contribution < 1.29 is 33.8 Å². The Kier molecular flexibility index (Phi) is 14.7. The molecular weight excluding hydrogens is 841 g/mol. The van der Waals surface area contributed by atoms with Crippen LogP contribution in [0.25, 0.3) is 45.0 Å². The van der Waals surface area contributed by atoms with E-state index in [9.17, 15) is 24.3 Å². The van der Waals surface area contributed by atoms with E-state index in [-0.39, 0.29) is 56.2 Å². The summed E-state index contributed by atoms with van der Waals surface area (Å²) in [5, 5.41) is 33.3. The Hall–Kier alpha value is -7.08. The molecule has 0 spiro atoms. The zero-order chi connectivity index (χ0) is 46.0. The smallest absolute Gasteiger partial charge is 0.229 e. The first-order valence-electron chi connectivity index (χ1n) is 22.4. The number of para-hydroxylation sites is 2. The number of aliphatic hydroxyl groups is 1. The molecule has 0 saturated heterocycles. The van der Waals surface area contributed by atoms with Crippen LogP contribution < -0.4 is 20.4 Å². The molecule has 2 aromatic heterocycles. The molecule has 4 amide bonds. The van der Waals surface area contributed by atoms with Crippen LogP contribution >= 0.6 is 0 Å². The van der Waals surface area contributed by atoms with Gasteiger partial charge in [-0.3, -0.25) is 19.2 Å². The average molecular weight is 895 g/mol. The Balaban J connectivity index is 0.895. The van der Waals surface area contributed by atoms with E-state index in [0.717, 1.165) is 50.5 Å². The summed E-state index contributed by atoms with van der Waals surface area (Å²) in [4.78, 5) is 55.1. The number of carbonyl (C=O) groups is 4. The molecule has 4 heterocycles.